The number of rotatable bonds is 31. The number of hydrogen-bond donors (Lipinski definition) is 9. The number of amides is 6. The SMILES string of the molecule is CC(=O)NCCOCCOCCOCCC(=O)NCC1CCC(C(=O)N[C@@H](Cc2cscn2)C(=O)NCCCC[C@H](NC(=O)N[C@@H](CCC(=O)O)C(=O)O)C(=O)O)CC1. The summed E-state index contributed by atoms with van der Waals surface area (Å²) < 4.78 is 16.2. The van der Waals surface area contributed by atoms with E-state index in [9.17, 15) is 48.6 Å². The zero-order valence-corrected chi connectivity index (χ0v) is 34.2. The van der Waals surface area contributed by atoms with Crippen molar-refractivity contribution in [3.05, 3.63) is 16.6 Å². The number of ether oxygens (including phenoxy) is 3. The molecule has 0 aliphatic heterocycles. The van der Waals surface area contributed by atoms with Gasteiger partial charge in [-0.05, 0) is 57.3 Å². The first-order chi connectivity index (χ1) is 28.2. The topological polar surface area (TPSA) is 310 Å². The highest BCUT2D eigenvalue weighted by atomic mass is 32.1. The highest BCUT2D eigenvalue weighted by Crippen LogP contribution is 2.28. The van der Waals surface area contributed by atoms with Crippen LogP contribution in [0.4, 0.5) is 4.79 Å². The standard InChI is InChI=1S/C37H59N7O14S/c1-24(45)38-13-15-57-17-19-58-18-16-56-14-11-31(46)40-21-25-5-7-26(8-6-25)33(49)42-30(20-27-22-59-23-41-27)34(50)39-12-3-2-4-28(35(51)52)43-37(55)44-29(36(53)54)9-10-32(47)48/h22-23,25-26,28-30H,2-21H2,1H3,(H,38,45)(H,39,50)(H,40,46)(H,42,49)(H,47,48)(H,51,52)(H,53,54)(H2,43,44,55)/t25?,26?,28-,29-,30-/m0/s1. The van der Waals surface area contributed by atoms with Gasteiger partial charge in [-0.25, -0.2) is 19.4 Å². The number of unbranched alkanes of at least 4 members (excludes halogenated alkanes) is 1. The molecule has 1 aliphatic carbocycles. The first-order valence-corrected chi connectivity index (χ1v) is 20.6. The summed E-state index contributed by atoms with van der Waals surface area (Å²) in [4.78, 5) is 100.0. The van der Waals surface area contributed by atoms with Gasteiger partial charge in [0.05, 0.1) is 50.8 Å². The lowest BCUT2D eigenvalue weighted by Crippen LogP contribution is -2.51. The van der Waals surface area contributed by atoms with Crippen LogP contribution in [0.3, 0.4) is 0 Å². The number of carboxylic acids is 3. The smallest absolute Gasteiger partial charge is 0.326 e. The molecule has 1 aromatic heterocycles. The van der Waals surface area contributed by atoms with E-state index in [-0.39, 0.29) is 74.8 Å². The van der Waals surface area contributed by atoms with Gasteiger partial charge in [-0.15, -0.1) is 11.3 Å². The number of nitrogens with zero attached hydrogens (tertiary/aromatic N) is 1. The summed E-state index contributed by atoms with van der Waals surface area (Å²) >= 11 is 1.36. The van der Waals surface area contributed by atoms with Crippen LogP contribution in [0.1, 0.15) is 76.8 Å². The molecule has 1 saturated carbocycles. The summed E-state index contributed by atoms with van der Waals surface area (Å²) in [5.41, 5.74) is 2.26. The van der Waals surface area contributed by atoms with Crippen molar-refractivity contribution in [2.24, 2.45) is 11.8 Å². The Balaban J connectivity index is 1.68. The molecule has 1 aliphatic rings. The number of carbonyl (C=O) groups excluding carboxylic acids is 5. The van der Waals surface area contributed by atoms with Crippen LogP contribution in [-0.2, 0) is 54.2 Å². The van der Waals surface area contributed by atoms with E-state index in [2.05, 4.69) is 36.9 Å². The summed E-state index contributed by atoms with van der Waals surface area (Å²) in [7, 11) is 0. The van der Waals surface area contributed by atoms with Crippen molar-refractivity contribution in [2.45, 2.75) is 95.7 Å². The molecule has 0 radical (unpaired) electrons. The van der Waals surface area contributed by atoms with E-state index in [0.29, 0.717) is 71.1 Å². The first-order valence-electron chi connectivity index (χ1n) is 19.7. The van der Waals surface area contributed by atoms with Crippen LogP contribution in [0.25, 0.3) is 0 Å². The van der Waals surface area contributed by atoms with Gasteiger partial charge in [0.2, 0.25) is 23.6 Å². The Hall–Kier alpha value is -4.93. The van der Waals surface area contributed by atoms with Crippen molar-refractivity contribution in [1.82, 2.24) is 36.9 Å². The van der Waals surface area contributed by atoms with Gasteiger partial charge in [-0.2, -0.15) is 0 Å². The lowest BCUT2D eigenvalue weighted by atomic mass is 9.81. The fourth-order valence-corrected chi connectivity index (χ4v) is 6.55. The molecule has 332 valence electrons. The fourth-order valence-electron chi connectivity index (χ4n) is 5.98. The molecule has 0 bridgehead atoms. The van der Waals surface area contributed by atoms with Gasteiger partial charge in [-0.1, -0.05) is 0 Å². The second kappa shape index (κ2) is 29.3. The maximum absolute atomic E-state index is 13.3. The number of urea groups is 1. The van der Waals surface area contributed by atoms with E-state index < -0.39 is 54.4 Å². The zero-order valence-electron chi connectivity index (χ0n) is 33.4. The van der Waals surface area contributed by atoms with Gasteiger partial charge in [-0.3, -0.25) is 24.0 Å². The minimum Gasteiger partial charge on any atom is -0.481 e. The highest BCUT2D eigenvalue weighted by molar-refractivity contribution is 7.07. The molecule has 3 atom stereocenters. The van der Waals surface area contributed by atoms with Crippen LogP contribution in [0, 0.1) is 11.8 Å². The Morgan fingerprint density at radius 2 is 1.36 bits per heavy atom. The molecule has 21 nitrogen and oxygen atoms in total. The molecule has 2 rings (SSSR count). The van der Waals surface area contributed by atoms with E-state index in [1.807, 2.05) is 0 Å². The molecule has 0 aromatic carbocycles. The highest BCUT2D eigenvalue weighted by Gasteiger charge is 2.30. The Morgan fingerprint density at radius 1 is 0.729 bits per heavy atom. The van der Waals surface area contributed by atoms with Gasteiger partial charge >= 0.3 is 23.9 Å². The Kier molecular flexibility index (Phi) is 24.9. The van der Waals surface area contributed by atoms with Crippen LogP contribution in [0.15, 0.2) is 10.9 Å². The third-order valence-electron chi connectivity index (χ3n) is 9.25. The van der Waals surface area contributed by atoms with E-state index in [1.165, 1.54) is 18.3 Å². The average Bonchev–Trinajstić information content (AvgIpc) is 3.71. The first kappa shape index (κ1) is 50.2. The second-order valence-corrected chi connectivity index (χ2v) is 14.7. The molecule has 22 heteroatoms. The van der Waals surface area contributed by atoms with E-state index in [0.717, 1.165) is 12.8 Å². The Bertz CT molecular complexity index is 1480. The molecule has 0 unspecified atom stereocenters. The van der Waals surface area contributed by atoms with Crippen molar-refractivity contribution >= 4 is 58.9 Å². The van der Waals surface area contributed by atoms with Crippen LogP contribution < -0.4 is 31.9 Å². The predicted octanol–water partition coefficient (Wildman–Crippen LogP) is 0.0259. The summed E-state index contributed by atoms with van der Waals surface area (Å²) in [6.45, 7) is 4.69. The van der Waals surface area contributed by atoms with Crippen molar-refractivity contribution in [3.8, 4) is 0 Å². The lowest BCUT2D eigenvalue weighted by Gasteiger charge is -2.29. The lowest BCUT2D eigenvalue weighted by molar-refractivity contribution is -0.141. The molecule has 1 fully saturated rings. The van der Waals surface area contributed by atoms with Gasteiger partial charge in [0, 0.05) is 57.1 Å². The molecule has 1 aromatic rings. The van der Waals surface area contributed by atoms with Gasteiger partial charge < -0.3 is 61.4 Å². The summed E-state index contributed by atoms with van der Waals surface area (Å²) in [5.74, 6) is -5.09. The zero-order chi connectivity index (χ0) is 43.4. The number of carbonyl (C=O) groups is 8. The third-order valence-corrected chi connectivity index (χ3v) is 9.88. The van der Waals surface area contributed by atoms with E-state index in [4.69, 9.17) is 19.3 Å². The number of nitrogens with one attached hydrogen (secondary N) is 6. The van der Waals surface area contributed by atoms with Crippen molar-refractivity contribution < 1.29 is 67.9 Å². The number of carboxylic acid groups (broad SMARTS) is 3. The van der Waals surface area contributed by atoms with Crippen LogP contribution in [0.2, 0.25) is 0 Å². The van der Waals surface area contributed by atoms with Crippen LogP contribution in [-0.4, -0.2) is 145 Å². The van der Waals surface area contributed by atoms with Crippen molar-refractivity contribution in [3.63, 3.8) is 0 Å². The molecule has 0 spiro atoms. The van der Waals surface area contributed by atoms with E-state index >= 15 is 0 Å². The van der Waals surface area contributed by atoms with Crippen molar-refractivity contribution in [1.29, 1.82) is 0 Å². The largest absolute Gasteiger partial charge is 0.481 e. The van der Waals surface area contributed by atoms with Crippen LogP contribution in [0.5, 0.6) is 0 Å². The van der Waals surface area contributed by atoms with Crippen LogP contribution >= 0.6 is 11.3 Å². The number of aromatic nitrogens is 1. The fraction of sp³-hybridized carbons (Fsp3) is 0.703. The number of thiazole rings is 1. The molecular formula is C37H59N7O14S. The third kappa shape index (κ3) is 23.3. The second-order valence-electron chi connectivity index (χ2n) is 14.0. The maximum atomic E-state index is 13.3. The minimum absolute atomic E-state index is 0.0380. The molecule has 1 heterocycles. The molecular weight excluding hydrogens is 799 g/mol. The molecule has 9 N–H and O–H groups in total. The predicted molar refractivity (Wildman–Crippen MR) is 210 cm³/mol. The minimum atomic E-state index is -1.52. The monoisotopic (exact) mass is 857 g/mol. The molecule has 0 saturated heterocycles. The number of hydrogen-bond acceptors (Lipinski definition) is 13. The van der Waals surface area contributed by atoms with Gasteiger partial charge in [0.25, 0.3) is 0 Å². The van der Waals surface area contributed by atoms with E-state index in [1.54, 1.807) is 10.9 Å². The molecule has 6 amide bonds. The number of aliphatic carboxylic acids is 3. The normalized spacial score (nSPS) is 16.4. The quantitative estimate of drug-likeness (QED) is 0.0445. The average molecular weight is 858 g/mol. The van der Waals surface area contributed by atoms with Gasteiger partial charge in [0.15, 0.2) is 0 Å². The maximum Gasteiger partial charge on any atom is 0.326 e. The summed E-state index contributed by atoms with van der Waals surface area (Å²) in [6, 6.07) is -4.87. The van der Waals surface area contributed by atoms with Crippen molar-refractivity contribution in [2.75, 3.05) is 59.3 Å². The van der Waals surface area contributed by atoms with Gasteiger partial charge in [0.1, 0.15) is 18.1 Å². The Labute approximate surface area is 346 Å². The summed E-state index contributed by atoms with van der Waals surface area (Å²) in [5, 5.41) is 44.8. The molecule has 59 heavy (non-hydrogen) atoms. The Morgan fingerprint density at radius 3 is 1.95 bits per heavy atom. The summed E-state index contributed by atoms with van der Waals surface area (Å²) in [6.07, 6.45) is 2.67.